The molecule has 1 aromatic heterocycles. The number of halogens is 1. The quantitative estimate of drug-likeness (QED) is 0.234. The molecule has 0 radical (unpaired) electrons. The topological polar surface area (TPSA) is 70.1 Å². The number of amides is 1. The summed E-state index contributed by atoms with van der Waals surface area (Å²) in [6.45, 7) is 1.15. The van der Waals surface area contributed by atoms with Crippen LogP contribution in [0.1, 0.15) is 27.0 Å². The Morgan fingerprint density at radius 1 is 0.795 bits per heavy atom. The van der Waals surface area contributed by atoms with Crippen molar-refractivity contribution in [2.24, 2.45) is 0 Å². The maximum atomic E-state index is 13.8. The van der Waals surface area contributed by atoms with Gasteiger partial charge in [0.15, 0.2) is 11.5 Å². The van der Waals surface area contributed by atoms with Gasteiger partial charge in [-0.15, -0.1) is 0 Å². The van der Waals surface area contributed by atoms with Crippen molar-refractivity contribution in [3.63, 3.8) is 0 Å². The molecule has 0 spiro atoms. The Labute approximate surface area is 227 Å². The van der Waals surface area contributed by atoms with Crippen molar-refractivity contribution in [1.82, 2.24) is 9.88 Å². The van der Waals surface area contributed by atoms with Crippen LogP contribution in [0.25, 0.3) is 0 Å². The lowest BCUT2D eigenvalue weighted by molar-refractivity contribution is 0.0729. The third kappa shape index (κ3) is 7.25. The highest BCUT2D eigenvalue weighted by Gasteiger charge is 2.22. The van der Waals surface area contributed by atoms with Crippen LogP contribution in [-0.4, -0.2) is 43.7 Å². The van der Waals surface area contributed by atoms with Gasteiger partial charge in [-0.2, -0.15) is 0 Å². The van der Waals surface area contributed by atoms with Crippen LogP contribution in [0.2, 0.25) is 0 Å². The van der Waals surface area contributed by atoms with Crippen molar-refractivity contribution in [3.05, 3.63) is 113 Å². The van der Waals surface area contributed by atoms with Crippen LogP contribution in [0.4, 0.5) is 4.39 Å². The molecule has 3 aromatic carbocycles. The molecule has 8 heteroatoms. The zero-order valence-corrected chi connectivity index (χ0v) is 22.2. The molecule has 0 aliphatic heterocycles. The Kier molecular flexibility index (Phi) is 9.34. The number of nitrogens with zero attached hydrogens (tertiary/aromatic N) is 2. The third-order valence-corrected chi connectivity index (χ3v) is 6.17. The number of methoxy groups -OCH3 is 3. The fraction of sp³-hybridized carbons (Fsp3) is 0.226. The maximum absolute atomic E-state index is 13.8. The molecule has 0 saturated carbocycles. The molecule has 4 rings (SSSR count). The van der Waals surface area contributed by atoms with E-state index >= 15 is 0 Å². The van der Waals surface area contributed by atoms with Crippen LogP contribution < -0.4 is 18.9 Å². The molecule has 0 unspecified atom stereocenters. The van der Waals surface area contributed by atoms with E-state index in [2.05, 4.69) is 4.98 Å². The number of hydrogen-bond acceptors (Lipinski definition) is 6. The average Bonchev–Trinajstić information content (AvgIpc) is 2.97. The molecular formula is C31H31FN2O5. The predicted octanol–water partition coefficient (Wildman–Crippen LogP) is 5.71. The first-order chi connectivity index (χ1) is 19.0. The minimum Gasteiger partial charge on any atom is -0.493 e. The van der Waals surface area contributed by atoms with Crippen molar-refractivity contribution in [2.75, 3.05) is 27.9 Å². The summed E-state index contributed by atoms with van der Waals surface area (Å²) in [4.78, 5) is 19.7. The van der Waals surface area contributed by atoms with E-state index in [0.29, 0.717) is 54.7 Å². The summed E-state index contributed by atoms with van der Waals surface area (Å²) in [6.07, 6.45) is 4.05. The number of hydrogen-bond donors (Lipinski definition) is 0. The van der Waals surface area contributed by atoms with Gasteiger partial charge in [0.25, 0.3) is 5.91 Å². The highest BCUT2D eigenvalue weighted by atomic mass is 19.1. The number of carbonyl (C=O) groups is 1. The predicted molar refractivity (Wildman–Crippen MR) is 146 cm³/mol. The summed E-state index contributed by atoms with van der Waals surface area (Å²) in [5, 5.41) is 0. The normalized spacial score (nSPS) is 10.6. The molecule has 0 N–H and O–H groups in total. The van der Waals surface area contributed by atoms with Crippen molar-refractivity contribution in [2.45, 2.75) is 19.5 Å². The number of benzene rings is 3. The van der Waals surface area contributed by atoms with Crippen LogP contribution in [0.15, 0.2) is 85.2 Å². The Morgan fingerprint density at radius 3 is 2.10 bits per heavy atom. The zero-order valence-electron chi connectivity index (χ0n) is 22.2. The Bertz CT molecular complexity index is 1350. The number of carbonyl (C=O) groups excluding carboxylic acids is 1. The molecule has 202 valence electrons. The van der Waals surface area contributed by atoms with Gasteiger partial charge in [0.05, 0.1) is 27.9 Å². The second-order valence-electron chi connectivity index (χ2n) is 8.80. The smallest absolute Gasteiger partial charge is 0.254 e. The molecule has 1 heterocycles. The minimum atomic E-state index is -0.259. The second-order valence-corrected chi connectivity index (χ2v) is 8.80. The highest BCUT2D eigenvalue weighted by molar-refractivity contribution is 5.95. The van der Waals surface area contributed by atoms with Gasteiger partial charge >= 0.3 is 0 Å². The fourth-order valence-corrected chi connectivity index (χ4v) is 4.19. The highest BCUT2D eigenvalue weighted by Crippen LogP contribution is 2.38. The summed E-state index contributed by atoms with van der Waals surface area (Å²) in [5.41, 5.74) is 3.25. The van der Waals surface area contributed by atoms with E-state index in [1.54, 1.807) is 41.6 Å². The Morgan fingerprint density at radius 2 is 1.46 bits per heavy atom. The lowest BCUT2D eigenvalue weighted by Gasteiger charge is -2.24. The van der Waals surface area contributed by atoms with Crippen LogP contribution in [0.5, 0.6) is 23.0 Å². The van der Waals surface area contributed by atoms with Gasteiger partial charge in [-0.1, -0.05) is 24.3 Å². The van der Waals surface area contributed by atoms with Crippen LogP contribution in [0, 0.1) is 5.82 Å². The first-order valence-corrected chi connectivity index (χ1v) is 12.4. The van der Waals surface area contributed by atoms with Crippen molar-refractivity contribution >= 4 is 5.91 Å². The summed E-state index contributed by atoms with van der Waals surface area (Å²) < 4.78 is 35.4. The number of ether oxygens (including phenoxy) is 4. The zero-order chi connectivity index (χ0) is 27.6. The molecule has 0 saturated heterocycles. The van der Waals surface area contributed by atoms with Crippen LogP contribution >= 0.6 is 0 Å². The molecule has 0 fully saturated rings. The van der Waals surface area contributed by atoms with Gasteiger partial charge in [-0.25, -0.2) is 4.39 Å². The third-order valence-electron chi connectivity index (χ3n) is 6.17. The lowest BCUT2D eigenvalue weighted by atomic mass is 10.1. The SMILES string of the molecule is COc1cc(C(=O)N(Cc2ccncc2)Cc2cccc(OCCc3ccc(F)cc3)c2)cc(OC)c1OC. The van der Waals surface area contributed by atoms with Gasteiger partial charge in [0.1, 0.15) is 11.6 Å². The molecule has 7 nitrogen and oxygen atoms in total. The Balaban J connectivity index is 1.54. The molecule has 4 aromatic rings. The number of pyridine rings is 1. The second kappa shape index (κ2) is 13.3. The molecule has 0 aliphatic rings. The van der Waals surface area contributed by atoms with Crippen molar-refractivity contribution in [3.8, 4) is 23.0 Å². The standard InChI is InChI=1S/C31H31FN2O5/c1-36-28-18-25(19-29(37-2)30(28)38-3)31(35)34(20-23-11-14-33-15-12-23)21-24-5-4-6-27(17-24)39-16-13-22-7-9-26(32)10-8-22/h4-12,14-15,17-19H,13,16,20-21H2,1-3H3. The molecule has 0 atom stereocenters. The minimum absolute atomic E-state index is 0.200. The number of aromatic nitrogens is 1. The van der Waals surface area contributed by atoms with E-state index in [0.717, 1.165) is 16.7 Å². The first kappa shape index (κ1) is 27.4. The van der Waals surface area contributed by atoms with E-state index in [1.807, 2.05) is 36.4 Å². The van der Waals surface area contributed by atoms with E-state index in [1.165, 1.54) is 33.5 Å². The summed E-state index contributed by atoms with van der Waals surface area (Å²) >= 11 is 0. The maximum Gasteiger partial charge on any atom is 0.254 e. The van der Waals surface area contributed by atoms with E-state index in [-0.39, 0.29) is 11.7 Å². The van der Waals surface area contributed by atoms with E-state index < -0.39 is 0 Å². The van der Waals surface area contributed by atoms with Crippen molar-refractivity contribution < 1.29 is 28.1 Å². The molecule has 0 bridgehead atoms. The van der Waals surface area contributed by atoms with E-state index in [4.69, 9.17) is 18.9 Å². The summed E-state index contributed by atoms with van der Waals surface area (Å²) in [7, 11) is 4.55. The molecular weight excluding hydrogens is 499 g/mol. The van der Waals surface area contributed by atoms with Gasteiger partial charge in [-0.05, 0) is 65.2 Å². The monoisotopic (exact) mass is 530 g/mol. The summed E-state index contributed by atoms with van der Waals surface area (Å²) in [6, 6.07) is 21.1. The van der Waals surface area contributed by atoms with Crippen LogP contribution in [-0.2, 0) is 19.5 Å². The molecule has 0 aliphatic carbocycles. The molecule has 1 amide bonds. The lowest BCUT2D eigenvalue weighted by Crippen LogP contribution is -2.30. The van der Waals surface area contributed by atoms with Gasteiger partial charge in [0.2, 0.25) is 5.75 Å². The first-order valence-electron chi connectivity index (χ1n) is 12.4. The summed E-state index contributed by atoms with van der Waals surface area (Å²) in [5.74, 6) is 1.46. The fourth-order valence-electron chi connectivity index (χ4n) is 4.19. The molecule has 39 heavy (non-hydrogen) atoms. The van der Waals surface area contributed by atoms with Gasteiger partial charge in [0, 0.05) is 37.5 Å². The van der Waals surface area contributed by atoms with Gasteiger partial charge < -0.3 is 23.8 Å². The van der Waals surface area contributed by atoms with Gasteiger partial charge in [-0.3, -0.25) is 9.78 Å². The van der Waals surface area contributed by atoms with E-state index in [9.17, 15) is 9.18 Å². The average molecular weight is 531 g/mol. The Hall–Kier alpha value is -4.59. The van der Waals surface area contributed by atoms with Crippen LogP contribution in [0.3, 0.4) is 0 Å². The van der Waals surface area contributed by atoms with Crippen molar-refractivity contribution in [1.29, 1.82) is 0 Å². The largest absolute Gasteiger partial charge is 0.493 e. The number of rotatable bonds is 12.